The highest BCUT2D eigenvalue weighted by atomic mass is 16.3. The summed E-state index contributed by atoms with van der Waals surface area (Å²) in [6.45, 7) is 7.85. The van der Waals surface area contributed by atoms with Gasteiger partial charge in [0.25, 0.3) is 0 Å². The van der Waals surface area contributed by atoms with E-state index in [1.165, 1.54) is 38.6 Å². The molecule has 3 unspecified atom stereocenters. The van der Waals surface area contributed by atoms with Gasteiger partial charge in [-0.15, -0.1) is 0 Å². The molecule has 0 radical (unpaired) electrons. The fourth-order valence-electron chi connectivity index (χ4n) is 3.82. The molecule has 0 aromatic carbocycles. The van der Waals surface area contributed by atoms with Gasteiger partial charge in [0.15, 0.2) is 0 Å². The third kappa shape index (κ3) is 3.25. The molecule has 0 bridgehead atoms. The topological polar surface area (TPSA) is 35.5 Å². The zero-order chi connectivity index (χ0) is 13.0. The maximum atomic E-state index is 9.54. The molecule has 0 amide bonds. The van der Waals surface area contributed by atoms with E-state index in [4.69, 9.17) is 0 Å². The first-order valence-corrected chi connectivity index (χ1v) is 7.78. The maximum Gasteiger partial charge on any atom is 0.0611 e. The quantitative estimate of drug-likeness (QED) is 0.761. The summed E-state index contributed by atoms with van der Waals surface area (Å²) < 4.78 is 0. The summed E-state index contributed by atoms with van der Waals surface area (Å²) in [7, 11) is 0. The fourth-order valence-corrected chi connectivity index (χ4v) is 3.82. The molecule has 106 valence electrons. The Hall–Kier alpha value is -0.120. The second-order valence-corrected chi connectivity index (χ2v) is 6.44. The Bertz CT molecular complexity index is 259. The van der Waals surface area contributed by atoms with Crippen molar-refractivity contribution in [2.24, 2.45) is 5.92 Å². The Morgan fingerprint density at radius 1 is 1.28 bits per heavy atom. The molecule has 2 aliphatic rings. The van der Waals surface area contributed by atoms with E-state index in [1.54, 1.807) is 0 Å². The van der Waals surface area contributed by atoms with Crippen LogP contribution in [0.1, 0.15) is 52.4 Å². The minimum Gasteiger partial charge on any atom is -0.394 e. The van der Waals surface area contributed by atoms with Gasteiger partial charge in [0.05, 0.1) is 6.61 Å². The Balaban J connectivity index is 1.82. The lowest BCUT2D eigenvalue weighted by molar-refractivity contribution is 0.128. The zero-order valence-corrected chi connectivity index (χ0v) is 12.1. The summed E-state index contributed by atoms with van der Waals surface area (Å²) in [5, 5.41) is 13.0. The summed E-state index contributed by atoms with van der Waals surface area (Å²) >= 11 is 0. The van der Waals surface area contributed by atoms with E-state index in [9.17, 15) is 5.11 Å². The summed E-state index contributed by atoms with van der Waals surface area (Å²) in [5.74, 6) is 0.971. The Kier molecular flexibility index (Phi) is 5.05. The fraction of sp³-hybridized carbons (Fsp3) is 1.00. The minimum atomic E-state index is -0.0957. The van der Waals surface area contributed by atoms with E-state index in [1.807, 2.05) is 0 Å². The van der Waals surface area contributed by atoms with Crippen LogP contribution in [0.25, 0.3) is 0 Å². The molecule has 0 spiro atoms. The standard InChI is InChI=1S/C15H30N2O/c1-3-16-15(2,12-18)9-11-17-10-8-13-6-4-5-7-14(13)17/h13-14,16,18H,3-12H2,1-2H3. The molecule has 2 fully saturated rings. The molecule has 1 aliphatic heterocycles. The number of nitrogens with one attached hydrogen (secondary N) is 1. The Labute approximate surface area is 112 Å². The lowest BCUT2D eigenvalue weighted by Crippen LogP contribution is -2.48. The number of hydrogen-bond acceptors (Lipinski definition) is 3. The van der Waals surface area contributed by atoms with Gasteiger partial charge in [-0.25, -0.2) is 0 Å². The number of likely N-dealkylation sites (N-methyl/N-ethyl adjacent to an activating group) is 1. The molecule has 0 aromatic rings. The Morgan fingerprint density at radius 3 is 2.78 bits per heavy atom. The van der Waals surface area contributed by atoms with Crippen LogP contribution in [-0.4, -0.2) is 47.8 Å². The van der Waals surface area contributed by atoms with Gasteiger partial charge in [-0.05, 0) is 51.6 Å². The van der Waals surface area contributed by atoms with Gasteiger partial charge in [-0.3, -0.25) is 0 Å². The van der Waals surface area contributed by atoms with Crippen molar-refractivity contribution in [3.8, 4) is 0 Å². The Morgan fingerprint density at radius 2 is 2.06 bits per heavy atom. The summed E-state index contributed by atoms with van der Waals surface area (Å²) in [6.07, 6.45) is 8.18. The largest absolute Gasteiger partial charge is 0.394 e. The summed E-state index contributed by atoms with van der Waals surface area (Å²) in [4.78, 5) is 2.69. The van der Waals surface area contributed by atoms with Crippen LogP contribution in [0.3, 0.4) is 0 Å². The highest BCUT2D eigenvalue weighted by molar-refractivity contribution is 4.91. The van der Waals surface area contributed by atoms with E-state index < -0.39 is 0 Å². The molecule has 2 rings (SSSR count). The molecule has 1 aliphatic carbocycles. The minimum absolute atomic E-state index is 0.0957. The lowest BCUT2D eigenvalue weighted by Gasteiger charge is -2.35. The smallest absolute Gasteiger partial charge is 0.0611 e. The van der Waals surface area contributed by atoms with E-state index in [-0.39, 0.29) is 12.1 Å². The van der Waals surface area contributed by atoms with Crippen LogP contribution >= 0.6 is 0 Å². The van der Waals surface area contributed by atoms with Gasteiger partial charge in [-0.1, -0.05) is 19.8 Å². The van der Waals surface area contributed by atoms with Crippen molar-refractivity contribution >= 4 is 0 Å². The monoisotopic (exact) mass is 254 g/mol. The summed E-state index contributed by atoms with van der Waals surface area (Å²) in [6, 6.07) is 0.850. The first-order valence-electron chi connectivity index (χ1n) is 7.78. The molecule has 1 saturated carbocycles. The second kappa shape index (κ2) is 6.36. The molecular formula is C15H30N2O. The van der Waals surface area contributed by atoms with E-state index in [2.05, 4.69) is 24.1 Å². The number of aliphatic hydroxyl groups is 1. The number of nitrogens with zero attached hydrogens (tertiary/aromatic N) is 1. The van der Waals surface area contributed by atoms with Crippen LogP contribution < -0.4 is 5.32 Å². The average Bonchev–Trinajstić information content (AvgIpc) is 2.80. The average molecular weight is 254 g/mol. The number of rotatable bonds is 6. The van der Waals surface area contributed by atoms with Crippen LogP contribution in [0.15, 0.2) is 0 Å². The first-order chi connectivity index (χ1) is 8.68. The zero-order valence-electron chi connectivity index (χ0n) is 12.1. The van der Waals surface area contributed by atoms with Crippen molar-refractivity contribution in [2.75, 3.05) is 26.2 Å². The highest BCUT2D eigenvalue weighted by Crippen LogP contribution is 2.36. The van der Waals surface area contributed by atoms with Crippen molar-refractivity contribution in [1.29, 1.82) is 0 Å². The van der Waals surface area contributed by atoms with Crippen molar-refractivity contribution < 1.29 is 5.11 Å². The molecule has 2 N–H and O–H groups in total. The van der Waals surface area contributed by atoms with Gasteiger partial charge in [0.2, 0.25) is 0 Å². The van der Waals surface area contributed by atoms with Crippen molar-refractivity contribution in [1.82, 2.24) is 10.2 Å². The molecule has 3 nitrogen and oxygen atoms in total. The molecule has 18 heavy (non-hydrogen) atoms. The third-order valence-electron chi connectivity index (χ3n) is 5.03. The molecule has 3 heteroatoms. The van der Waals surface area contributed by atoms with Gasteiger partial charge >= 0.3 is 0 Å². The van der Waals surface area contributed by atoms with Gasteiger partial charge in [0, 0.05) is 18.1 Å². The number of hydrogen-bond donors (Lipinski definition) is 2. The molecule has 0 aromatic heterocycles. The second-order valence-electron chi connectivity index (χ2n) is 6.44. The SMILES string of the molecule is CCNC(C)(CO)CCN1CCC2CCCCC21. The maximum absolute atomic E-state index is 9.54. The number of fused-ring (bicyclic) bond motifs is 1. The van der Waals surface area contributed by atoms with Gasteiger partial charge in [-0.2, -0.15) is 0 Å². The normalized spacial score (nSPS) is 32.2. The number of aliphatic hydroxyl groups excluding tert-OH is 1. The van der Waals surface area contributed by atoms with Crippen molar-refractivity contribution in [2.45, 2.75) is 64.0 Å². The van der Waals surface area contributed by atoms with Crippen LogP contribution in [0.5, 0.6) is 0 Å². The van der Waals surface area contributed by atoms with Crippen molar-refractivity contribution in [3.05, 3.63) is 0 Å². The van der Waals surface area contributed by atoms with Crippen LogP contribution in [0.2, 0.25) is 0 Å². The predicted molar refractivity (Wildman–Crippen MR) is 75.7 cm³/mol. The van der Waals surface area contributed by atoms with Gasteiger partial charge in [0.1, 0.15) is 0 Å². The van der Waals surface area contributed by atoms with E-state index in [0.717, 1.165) is 31.5 Å². The molecule has 1 saturated heterocycles. The van der Waals surface area contributed by atoms with Crippen LogP contribution in [0, 0.1) is 5.92 Å². The summed E-state index contributed by atoms with van der Waals surface area (Å²) in [5.41, 5.74) is -0.0957. The van der Waals surface area contributed by atoms with Crippen LogP contribution in [-0.2, 0) is 0 Å². The third-order valence-corrected chi connectivity index (χ3v) is 5.03. The highest BCUT2D eigenvalue weighted by Gasteiger charge is 2.36. The molecule has 1 heterocycles. The van der Waals surface area contributed by atoms with Crippen LogP contribution in [0.4, 0.5) is 0 Å². The molecular weight excluding hydrogens is 224 g/mol. The van der Waals surface area contributed by atoms with Crippen molar-refractivity contribution in [3.63, 3.8) is 0 Å². The number of likely N-dealkylation sites (tertiary alicyclic amines) is 1. The predicted octanol–water partition coefficient (Wildman–Crippen LogP) is 2.00. The van der Waals surface area contributed by atoms with E-state index in [0.29, 0.717) is 0 Å². The van der Waals surface area contributed by atoms with E-state index >= 15 is 0 Å². The molecule has 3 atom stereocenters. The first kappa shape index (κ1) is 14.3. The lowest BCUT2D eigenvalue weighted by atomic mass is 9.85. The van der Waals surface area contributed by atoms with Gasteiger partial charge < -0.3 is 15.3 Å².